The van der Waals surface area contributed by atoms with Gasteiger partial charge in [0.05, 0.1) is 0 Å². The van der Waals surface area contributed by atoms with Crippen LogP contribution in [0.3, 0.4) is 0 Å². The fraction of sp³-hybridized carbons (Fsp3) is 0.647. The Hall–Kier alpha value is -0.860. The molecule has 2 atom stereocenters. The Kier molecular flexibility index (Phi) is 5.87. The summed E-state index contributed by atoms with van der Waals surface area (Å²) >= 11 is 0. The van der Waals surface area contributed by atoms with E-state index in [0.717, 1.165) is 12.5 Å². The van der Waals surface area contributed by atoms with E-state index in [1.165, 1.54) is 44.3 Å². The van der Waals surface area contributed by atoms with Crippen molar-refractivity contribution in [3.63, 3.8) is 0 Å². The number of likely N-dealkylation sites (N-methyl/N-ethyl adjacent to an activating group) is 1. The maximum Gasteiger partial charge on any atom is 0.0472 e. The van der Waals surface area contributed by atoms with Crippen molar-refractivity contribution >= 4 is 0 Å². The van der Waals surface area contributed by atoms with Crippen molar-refractivity contribution in [2.45, 2.75) is 38.6 Å². The van der Waals surface area contributed by atoms with Crippen molar-refractivity contribution in [1.29, 1.82) is 0 Å². The van der Waals surface area contributed by atoms with Gasteiger partial charge in [-0.3, -0.25) is 4.90 Å². The van der Waals surface area contributed by atoms with Gasteiger partial charge in [-0.05, 0) is 50.9 Å². The van der Waals surface area contributed by atoms with Crippen LogP contribution in [0.5, 0.6) is 0 Å². The maximum atomic E-state index is 3.37. The SMILES string of the molecule is CCC1CCCN(C(CNC)c2ccccc2)CC1. The number of nitrogens with zero attached hydrogens (tertiary/aromatic N) is 1. The number of hydrogen-bond acceptors (Lipinski definition) is 2. The van der Waals surface area contributed by atoms with Gasteiger partial charge in [0, 0.05) is 12.6 Å². The zero-order chi connectivity index (χ0) is 13.5. The van der Waals surface area contributed by atoms with E-state index in [1.54, 1.807) is 0 Å². The van der Waals surface area contributed by atoms with Crippen LogP contribution >= 0.6 is 0 Å². The number of benzene rings is 1. The molecule has 0 radical (unpaired) electrons. The number of nitrogens with one attached hydrogen (secondary N) is 1. The second kappa shape index (κ2) is 7.66. The molecule has 1 aliphatic heterocycles. The Bertz CT molecular complexity index is 350. The quantitative estimate of drug-likeness (QED) is 0.872. The zero-order valence-electron chi connectivity index (χ0n) is 12.4. The van der Waals surface area contributed by atoms with E-state index in [1.807, 2.05) is 0 Å². The molecule has 2 nitrogen and oxygen atoms in total. The second-order valence-electron chi connectivity index (χ2n) is 5.73. The van der Waals surface area contributed by atoms with Crippen LogP contribution in [0.2, 0.25) is 0 Å². The standard InChI is InChI=1S/C17H28N2/c1-3-15-8-7-12-19(13-11-15)17(14-18-2)16-9-5-4-6-10-16/h4-6,9-10,15,17-18H,3,7-8,11-14H2,1-2H3. The monoisotopic (exact) mass is 260 g/mol. The summed E-state index contributed by atoms with van der Waals surface area (Å²) in [7, 11) is 2.06. The third kappa shape index (κ3) is 4.05. The van der Waals surface area contributed by atoms with E-state index in [9.17, 15) is 0 Å². The molecule has 2 rings (SSSR count). The highest BCUT2D eigenvalue weighted by molar-refractivity contribution is 5.19. The first kappa shape index (κ1) is 14.5. The predicted octanol–water partition coefficient (Wildman–Crippen LogP) is 3.46. The summed E-state index contributed by atoms with van der Waals surface area (Å²) in [6.07, 6.45) is 5.47. The molecular formula is C17H28N2. The molecule has 1 aromatic carbocycles. The van der Waals surface area contributed by atoms with Gasteiger partial charge in [0.15, 0.2) is 0 Å². The van der Waals surface area contributed by atoms with Crippen LogP contribution in [-0.2, 0) is 0 Å². The van der Waals surface area contributed by atoms with E-state index in [0.29, 0.717) is 6.04 Å². The van der Waals surface area contributed by atoms with Crippen molar-refractivity contribution in [1.82, 2.24) is 10.2 Å². The molecule has 106 valence electrons. The van der Waals surface area contributed by atoms with Crippen molar-refractivity contribution in [2.75, 3.05) is 26.7 Å². The average Bonchev–Trinajstić information content (AvgIpc) is 2.71. The third-order valence-electron chi connectivity index (χ3n) is 4.48. The Morgan fingerprint density at radius 3 is 2.68 bits per heavy atom. The number of likely N-dealkylation sites (tertiary alicyclic amines) is 1. The van der Waals surface area contributed by atoms with Crippen molar-refractivity contribution in [2.24, 2.45) is 5.92 Å². The summed E-state index contributed by atoms with van der Waals surface area (Å²) in [4.78, 5) is 2.68. The molecule has 2 unspecified atom stereocenters. The summed E-state index contributed by atoms with van der Waals surface area (Å²) in [5.74, 6) is 0.941. The summed E-state index contributed by atoms with van der Waals surface area (Å²) in [6, 6.07) is 11.5. The molecule has 1 saturated heterocycles. The van der Waals surface area contributed by atoms with Gasteiger partial charge >= 0.3 is 0 Å². The number of hydrogen-bond donors (Lipinski definition) is 1. The molecule has 1 aromatic rings. The van der Waals surface area contributed by atoms with Crippen molar-refractivity contribution < 1.29 is 0 Å². The highest BCUT2D eigenvalue weighted by atomic mass is 15.2. The lowest BCUT2D eigenvalue weighted by atomic mass is 9.98. The van der Waals surface area contributed by atoms with Crippen LogP contribution < -0.4 is 5.32 Å². The Morgan fingerprint density at radius 2 is 2.00 bits per heavy atom. The van der Waals surface area contributed by atoms with E-state index in [4.69, 9.17) is 0 Å². The van der Waals surface area contributed by atoms with Gasteiger partial charge < -0.3 is 5.32 Å². The van der Waals surface area contributed by atoms with Gasteiger partial charge in [-0.1, -0.05) is 43.7 Å². The van der Waals surface area contributed by atoms with Gasteiger partial charge in [-0.2, -0.15) is 0 Å². The molecule has 0 amide bonds. The van der Waals surface area contributed by atoms with Crippen LogP contribution in [-0.4, -0.2) is 31.6 Å². The first-order valence-corrected chi connectivity index (χ1v) is 7.78. The Balaban J connectivity index is 2.06. The molecule has 1 heterocycles. The van der Waals surface area contributed by atoms with Gasteiger partial charge in [0.25, 0.3) is 0 Å². The smallest absolute Gasteiger partial charge is 0.0472 e. The first-order chi connectivity index (χ1) is 9.35. The number of rotatable bonds is 5. The van der Waals surface area contributed by atoms with Crippen LogP contribution in [0.1, 0.15) is 44.2 Å². The van der Waals surface area contributed by atoms with Gasteiger partial charge in [-0.25, -0.2) is 0 Å². The molecule has 0 spiro atoms. The third-order valence-corrected chi connectivity index (χ3v) is 4.48. The second-order valence-corrected chi connectivity index (χ2v) is 5.73. The average molecular weight is 260 g/mol. The normalized spacial score (nSPS) is 22.9. The zero-order valence-corrected chi connectivity index (χ0v) is 12.4. The molecule has 1 aliphatic rings. The highest BCUT2D eigenvalue weighted by Crippen LogP contribution is 2.27. The fourth-order valence-corrected chi connectivity index (χ4v) is 3.23. The largest absolute Gasteiger partial charge is 0.318 e. The molecule has 0 aliphatic carbocycles. The van der Waals surface area contributed by atoms with E-state index in [-0.39, 0.29) is 0 Å². The van der Waals surface area contributed by atoms with Crippen LogP contribution in [0.25, 0.3) is 0 Å². The minimum Gasteiger partial charge on any atom is -0.318 e. The fourth-order valence-electron chi connectivity index (χ4n) is 3.23. The van der Waals surface area contributed by atoms with Crippen molar-refractivity contribution in [3.8, 4) is 0 Å². The highest BCUT2D eigenvalue weighted by Gasteiger charge is 2.23. The van der Waals surface area contributed by atoms with Crippen LogP contribution in [0.4, 0.5) is 0 Å². The topological polar surface area (TPSA) is 15.3 Å². The van der Waals surface area contributed by atoms with Crippen molar-refractivity contribution in [3.05, 3.63) is 35.9 Å². The van der Waals surface area contributed by atoms with Gasteiger partial charge in [-0.15, -0.1) is 0 Å². The first-order valence-electron chi connectivity index (χ1n) is 7.78. The lowest BCUT2D eigenvalue weighted by molar-refractivity contribution is 0.200. The summed E-state index contributed by atoms with van der Waals surface area (Å²) in [5, 5.41) is 3.37. The molecule has 1 fully saturated rings. The van der Waals surface area contributed by atoms with E-state index < -0.39 is 0 Å². The lowest BCUT2D eigenvalue weighted by Crippen LogP contribution is -2.35. The van der Waals surface area contributed by atoms with Gasteiger partial charge in [0.2, 0.25) is 0 Å². The van der Waals surface area contributed by atoms with Crippen LogP contribution in [0, 0.1) is 5.92 Å². The minimum atomic E-state index is 0.529. The summed E-state index contributed by atoms with van der Waals surface area (Å²) in [6.45, 7) is 5.88. The molecule has 0 aromatic heterocycles. The molecule has 1 N–H and O–H groups in total. The Morgan fingerprint density at radius 1 is 1.21 bits per heavy atom. The molecule has 0 saturated carbocycles. The van der Waals surface area contributed by atoms with Crippen LogP contribution in [0.15, 0.2) is 30.3 Å². The van der Waals surface area contributed by atoms with E-state index >= 15 is 0 Å². The minimum absolute atomic E-state index is 0.529. The Labute approximate surface area is 118 Å². The lowest BCUT2D eigenvalue weighted by Gasteiger charge is -2.31. The molecule has 19 heavy (non-hydrogen) atoms. The maximum absolute atomic E-state index is 3.37. The summed E-state index contributed by atoms with van der Waals surface area (Å²) in [5.41, 5.74) is 1.45. The molecular weight excluding hydrogens is 232 g/mol. The molecule has 0 bridgehead atoms. The summed E-state index contributed by atoms with van der Waals surface area (Å²) < 4.78 is 0. The predicted molar refractivity (Wildman–Crippen MR) is 82.3 cm³/mol. The van der Waals surface area contributed by atoms with E-state index in [2.05, 4.69) is 54.5 Å². The molecule has 2 heteroatoms. The van der Waals surface area contributed by atoms with Gasteiger partial charge in [0.1, 0.15) is 0 Å².